The van der Waals surface area contributed by atoms with Crippen LogP contribution in [-0.4, -0.2) is 28.5 Å². The molecule has 0 bridgehead atoms. The van der Waals surface area contributed by atoms with Crippen LogP contribution in [0.2, 0.25) is 0 Å². The average molecular weight is 167 g/mol. The van der Waals surface area contributed by atoms with Crippen molar-refractivity contribution >= 4 is 11.9 Å². The fraction of sp³-hybridized carbons (Fsp3) is 0.571. The molecule has 0 amide bonds. The normalized spacial score (nSPS) is 9.58. The van der Waals surface area contributed by atoms with Gasteiger partial charge in [-0.25, -0.2) is 0 Å². The smallest absolute Gasteiger partial charge is 0.227 e. The van der Waals surface area contributed by atoms with Crippen molar-refractivity contribution in [3.05, 3.63) is 5.82 Å². The third-order valence-corrected chi connectivity index (χ3v) is 1.31. The lowest BCUT2D eigenvalue weighted by Crippen LogP contribution is -2.07. The fourth-order valence-corrected chi connectivity index (χ4v) is 0.831. The standard InChI is InChI=1S/C7H13N5/c1-4-9-7-11-5(2)10-6(8-3)12-7/h4H2,1-3H3,(H2,8,9,10,11,12). The Hall–Kier alpha value is -1.39. The van der Waals surface area contributed by atoms with Crippen LogP contribution < -0.4 is 10.6 Å². The predicted octanol–water partition coefficient (Wildman–Crippen LogP) is 0.654. The summed E-state index contributed by atoms with van der Waals surface area (Å²) in [5.41, 5.74) is 0. The summed E-state index contributed by atoms with van der Waals surface area (Å²) in [4.78, 5) is 12.3. The Morgan fingerprint density at radius 3 is 2.42 bits per heavy atom. The molecule has 0 spiro atoms. The zero-order valence-corrected chi connectivity index (χ0v) is 7.55. The number of anilines is 2. The topological polar surface area (TPSA) is 62.7 Å². The Morgan fingerprint density at radius 2 is 1.83 bits per heavy atom. The zero-order valence-electron chi connectivity index (χ0n) is 7.55. The maximum absolute atomic E-state index is 4.10. The lowest BCUT2D eigenvalue weighted by atomic mass is 10.6. The van der Waals surface area contributed by atoms with Gasteiger partial charge in [0.2, 0.25) is 11.9 Å². The minimum Gasteiger partial charge on any atom is -0.357 e. The molecular weight excluding hydrogens is 154 g/mol. The maximum atomic E-state index is 4.10. The molecule has 0 atom stereocenters. The van der Waals surface area contributed by atoms with Crippen molar-refractivity contribution in [2.75, 3.05) is 24.2 Å². The second kappa shape index (κ2) is 3.85. The Bertz CT molecular complexity index is 260. The Balaban J connectivity index is 2.90. The maximum Gasteiger partial charge on any atom is 0.227 e. The molecule has 0 radical (unpaired) electrons. The van der Waals surface area contributed by atoms with Gasteiger partial charge < -0.3 is 10.6 Å². The highest BCUT2D eigenvalue weighted by molar-refractivity contribution is 5.33. The van der Waals surface area contributed by atoms with Crippen molar-refractivity contribution in [2.24, 2.45) is 0 Å². The van der Waals surface area contributed by atoms with E-state index in [9.17, 15) is 0 Å². The molecule has 0 aliphatic heterocycles. The molecule has 1 aromatic heterocycles. The minimum absolute atomic E-state index is 0.596. The van der Waals surface area contributed by atoms with E-state index in [0.717, 1.165) is 6.54 Å². The van der Waals surface area contributed by atoms with Gasteiger partial charge in [0.15, 0.2) is 0 Å². The molecular formula is C7H13N5. The van der Waals surface area contributed by atoms with Crippen LogP contribution in [0.25, 0.3) is 0 Å². The zero-order chi connectivity index (χ0) is 8.97. The van der Waals surface area contributed by atoms with Gasteiger partial charge in [-0.2, -0.15) is 15.0 Å². The first-order valence-electron chi connectivity index (χ1n) is 3.90. The molecule has 1 rings (SSSR count). The first-order chi connectivity index (χ1) is 5.76. The van der Waals surface area contributed by atoms with Gasteiger partial charge in [-0.05, 0) is 13.8 Å². The number of nitrogens with one attached hydrogen (secondary N) is 2. The van der Waals surface area contributed by atoms with E-state index >= 15 is 0 Å². The van der Waals surface area contributed by atoms with Gasteiger partial charge in [-0.1, -0.05) is 0 Å². The van der Waals surface area contributed by atoms with Crippen molar-refractivity contribution in [3.63, 3.8) is 0 Å². The van der Waals surface area contributed by atoms with Crippen molar-refractivity contribution < 1.29 is 0 Å². The van der Waals surface area contributed by atoms with Crippen LogP contribution in [0.15, 0.2) is 0 Å². The highest BCUT2D eigenvalue weighted by Gasteiger charge is 1.99. The van der Waals surface area contributed by atoms with Crippen molar-refractivity contribution in [3.8, 4) is 0 Å². The van der Waals surface area contributed by atoms with E-state index in [1.54, 1.807) is 7.05 Å². The molecule has 5 nitrogen and oxygen atoms in total. The summed E-state index contributed by atoms with van der Waals surface area (Å²) in [6, 6.07) is 0. The van der Waals surface area contributed by atoms with E-state index in [1.165, 1.54) is 0 Å². The van der Waals surface area contributed by atoms with Crippen LogP contribution in [0, 0.1) is 6.92 Å². The van der Waals surface area contributed by atoms with Gasteiger partial charge in [0.25, 0.3) is 0 Å². The van der Waals surface area contributed by atoms with Crippen LogP contribution in [-0.2, 0) is 0 Å². The van der Waals surface area contributed by atoms with Crippen molar-refractivity contribution in [1.29, 1.82) is 0 Å². The van der Waals surface area contributed by atoms with Gasteiger partial charge >= 0.3 is 0 Å². The molecule has 1 heterocycles. The highest BCUT2D eigenvalue weighted by Crippen LogP contribution is 2.02. The van der Waals surface area contributed by atoms with Gasteiger partial charge in [0.1, 0.15) is 5.82 Å². The average Bonchev–Trinajstić information content (AvgIpc) is 2.04. The Morgan fingerprint density at radius 1 is 1.17 bits per heavy atom. The molecule has 5 heteroatoms. The number of aromatic nitrogens is 3. The molecule has 66 valence electrons. The first kappa shape index (κ1) is 8.70. The van der Waals surface area contributed by atoms with Gasteiger partial charge in [0, 0.05) is 13.6 Å². The number of aryl methyl sites for hydroxylation is 1. The van der Waals surface area contributed by atoms with E-state index in [1.807, 2.05) is 13.8 Å². The quantitative estimate of drug-likeness (QED) is 0.692. The SMILES string of the molecule is CCNc1nc(C)nc(NC)n1. The van der Waals surface area contributed by atoms with Gasteiger partial charge in [-0.15, -0.1) is 0 Å². The molecule has 0 unspecified atom stereocenters. The molecule has 0 fully saturated rings. The molecule has 0 aliphatic carbocycles. The summed E-state index contributed by atoms with van der Waals surface area (Å²) in [6.45, 7) is 4.65. The molecule has 2 N–H and O–H groups in total. The van der Waals surface area contributed by atoms with Crippen LogP contribution in [0.1, 0.15) is 12.7 Å². The van der Waals surface area contributed by atoms with Crippen LogP contribution in [0.3, 0.4) is 0 Å². The van der Waals surface area contributed by atoms with E-state index in [4.69, 9.17) is 0 Å². The summed E-state index contributed by atoms with van der Waals surface area (Å²) in [5, 5.41) is 5.89. The molecule has 0 saturated carbocycles. The number of hydrogen-bond donors (Lipinski definition) is 2. The second-order valence-corrected chi connectivity index (χ2v) is 2.31. The van der Waals surface area contributed by atoms with E-state index in [0.29, 0.717) is 17.7 Å². The molecule has 0 saturated heterocycles. The minimum atomic E-state index is 0.596. The summed E-state index contributed by atoms with van der Waals surface area (Å²) in [5.74, 6) is 1.93. The van der Waals surface area contributed by atoms with Crippen molar-refractivity contribution in [2.45, 2.75) is 13.8 Å². The van der Waals surface area contributed by atoms with Crippen molar-refractivity contribution in [1.82, 2.24) is 15.0 Å². The lowest BCUT2D eigenvalue weighted by molar-refractivity contribution is 0.964. The van der Waals surface area contributed by atoms with Crippen LogP contribution >= 0.6 is 0 Å². The molecule has 12 heavy (non-hydrogen) atoms. The largest absolute Gasteiger partial charge is 0.357 e. The van der Waals surface area contributed by atoms with Gasteiger partial charge in [-0.3, -0.25) is 0 Å². The summed E-state index contributed by atoms with van der Waals surface area (Å²) < 4.78 is 0. The second-order valence-electron chi connectivity index (χ2n) is 2.31. The number of nitrogens with zero attached hydrogens (tertiary/aromatic N) is 3. The Kier molecular flexibility index (Phi) is 2.79. The molecule has 0 aromatic carbocycles. The summed E-state index contributed by atoms with van der Waals surface area (Å²) in [6.07, 6.45) is 0. The monoisotopic (exact) mass is 167 g/mol. The van der Waals surface area contributed by atoms with Crippen LogP contribution in [0.4, 0.5) is 11.9 Å². The van der Waals surface area contributed by atoms with E-state index in [2.05, 4.69) is 25.6 Å². The molecule has 1 aromatic rings. The summed E-state index contributed by atoms with van der Waals surface area (Å²) >= 11 is 0. The van der Waals surface area contributed by atoms with Crippen LogP contribution in [0.5, 0.6) is 0 Å². The third kappa shape index (κ3) is 2.05. The highest BCUT2D eigenvalue weighted by atomic mass is 15.2. The lowest BCUT2D eigenvalue weighted by Gasteiger charge is -2.03. The molecule has 0 aliphatic rings. The third-order valence-electron chi connectivity index (χ3n) is 1.31. The first-order valence-corrected chi connectivity index (χ1v) is 3.90. The summed E-state index contributed by atoms with van der Waals surface area (Å²) in [7, 11) is 1.78. The fourth-order valence-electron chi connectivity index (χ4n) is 0.831. The number of rotatable bonds is 3. The van der Waals surface area contributed by atoms with E-state index < -0.39 is 0 Å². The van der Waals surface area contributed by atoms with Gasteiger partial charge in [0.05, 0.1) is 0 Å². The number of hydrogen-bond acceptors (Lipinski definition) is 5. The predicted molar refractivity (Wildman–Crippen MR) is 48.3 cm³/mol. The Labute approximate surface area is 71.6 Å². The van der Waals surface area contributed by atoms with E-state index in [-0.39, 0.29) is 0 Å².